The van der Waals surface area contributed by atoms with Gasteiger partial charge in [-0.25, -0.2) is 4.79 Å². The fourth-order valence-corrected chi connectivity index (χ4v) is 2.67. The Morgan fingerprint density at radius 3 is 2.61 bits per heavy atom. The van der Waals surface area contributed by atoms with Crippen molar-refractivity contribution in [1.29, 1.82) is 0 Å². The topological polar surface area (TPSA) is 58.6 Å². The van der Waals surface area contributed by atoms with Crippen LogP contribution in [0.2, 0.25) is 0 Å². The maximum atomic E-state index is 12.4. The second kappa shape index (κ2) is 7.49. The zero-order valence-electron chi connectivity index (χ0n) is 14.2. The number of nitrogens with one attached hydrogen (secondary N) is 1. The monoisotopic (exact) mass is 318 g/mol. The highest BCUT2D eigenvalue weighted by Gasteiger charge is 2.36. The number of ether oxygens (including phenoxy) is 1. The number of carbonyl (C=O) groups excluding carboxylic acids is 2. The smallest absolute Gasteiger partial charge is 0.410 e. The van der Waals surface area contributed by atoms with Crippen molar-refractivity contribution in [2.75, 3.05) is 13.1 Å². The van der Waals surface area contributed by atoms with Gasteiger partial charge in [0.15, 0.2) is 0 Å². The van der Waals surface area contributed by atoms with E-state index in [0.717, 1.165) is 12.8 Å². The quantitative estimate of drug-likeness (QED) is 0.928. The second-order valence-corrected chi connectivity index (χ2v) is 6.86. The first kappa shape index (κ1) is 17.3. The largest absolute Gasteiger partial charge is 0.444 e. The van der Waals surface area contributed by atoms with E-state index in [4.69, 9.17) is 4.74 Å². The number of hydrogen-bond donors (Lipinski definition) is 1. The molecule has 1 fully saturated rings. The van der Waals surface area contributed by atoms with Crippen LogP contribution in [0.5, 0.6) is 0 Å². The number of amides is 2. The van der Waals surface area contributed by atoms with Crippen LogP contribution in [0.3, 0.4) is 0 Å². The minimum Gasteiger partial charge on any atom is -0.444 e. The van der Waals surface area contributed by atoms with Crippen molar-refractivity contribution < 1.29 is 14.3 Å². The fourth-order valence-electron chi connectivity index (χ4n) is 2.67. The third-order valence-corrected chi connectivity index (χ3v) is 3.74. The van der Waals surface area contributed by atoms with Gasteiger partial charge < -0.3 is 10.1 Å². The predicted molar refractivity (Wildman–Crippen MR) is 89.1 cm³/mol. The lowest BCUT2D eigenvalue weighted by molar-refractivity contribution is -0.125. The van der Waals surface area contributed by atoms with Gasteiger partial charge in [0.1, 0.15) is 11.6 Å². The van der Waals surface area contributed by atoms with E-state index in [1.807, 2.05) is 51.1 Å². The van der Waals surface area contributed by atoms with Gasteiger partial charge in [0.25, 0.3) is 0 Å². The Labute approximate surface area is 138 Å². The van der Waals surface area contributed by atoms with Gasteiger partial charge in [-0.05, 0) is 45.6 Å². The van der Waals surface area contributed by atoms with E-state index in [9.17, 15) is 9.59 Å². The van der Waals surface area contributed by atoms with Gasteiger partial charge in [0.05, 0.1) is 0 Å². The highest BCUT2D eigenvalue weighted by Crippen LogP contribution is 2.20. The van der Waals surface area contributed by atoms with Crippen molar-refractivity contribution in [2.45, 2.75) is 51.7 Å². The summed E-state index contributed by atoms with van der Waals surface area (Å²) in [4.78, 5) is 26.1. The summed E-state index contributed by atoms with van der Waals surface area (Å²) < 4.78 is 5.38. The lowest BCUT2D eigenvalue weighted by Gasteiger charge is -2.28. The average molecular weight is 318 g/mol. The molecule has 126 valence electrons. The summed E-state index contributed by atoms with van der Waals surface area (Å²) in [6.45, 7) is 6.63. The van der Waals surface area contributed by atoms with Gasteiger partial charge in [-0.15, -0.1) is 0 Å². The molecule has 23 heavy (non-hydrogen) atoms. The van der Waals surface area contributed by atoms with E-state index in [-0.39, 0.29) is 5.91 Å². The number of benzene rings is 1. The molecule has 1 atom stereocenters. The van der Waals surface area contributed by atoms with Crippen LogP contribution in [-0.4, -0.2) is 41.6 Å². The zero-order valence-corrected chi connectivity index (χ0v) is 14.2. The van der Waals surface area contributed by atoms with Gasteiger partial charge in [-0.1, -0.05) is 30.3 Å². The molecule has 2 amide bonds. The van der Waals surface area contributed by atoms with E-state index in [1.165, 1.54) is 5.56 Å². The van der Waals surface area contributed by atoms with Crippen molar-refractivity contribution in [3.05, 3.63) is 35.9 Å². The molecule has 1 N–H and O–H groups in total. The van der Waals surface area contributed by atoms with Gasteiger partial charge in [-0.2, -0.15) is 0 Å². The summed E-state index contributed by atoms with van der Waals surface area (Å²) >= 11 is 0. The molecule has 0 bridgehead atoms. The average Bonchev–Trinajstić information content (AvgIpc) is 2.96. The SMILES string of the molecule is CC(C)(C)OC(=O)N1CCC[C@H]1C(=O)NCCc1ccccc1. The standard InChI is InChI=1S/C18H26N2O3/c1-18(2,3)23-17(22)20-13-7-10-15(20)16(21)19-12-11-14-8-5-4-6-9-14/h4-6,8-9,15H,7,10-13H2,1-3H3,(H,19,21)/t15-/m0/s1. The van der Waals surface area contributed by atoms with Crippen LogP contribution < -0.4 is 5.32 Å². The summed E-state index contributed by atoms with van der Waals surface area (Å²) in [5.41, 5.74) is 0.636. The van der Waals surface area contributed by atoms with Crippen LogP contribution in [0, 0.1) is 0 Å². The van der Waals surface area contributed by atoms with E-state index < -0.39 is 17.7 Å². The van der Waals surface area contributed by atoms with Crippen molar-refractivity contribution in [3.8, 4) is 0 Å². The number of carbonyl (C=O) groups is 2. The molecule has 1 saturated heterocycles. The first-order chi connectivity index (χ1) is 10.9. The van der Waals surface area contributed by atoms with Gasteiger partial charge in [0, 0.05) is 13.1 Å². The molecule has 5 nitrogen and oxygen atoms in total. The van der Waals surface area contributed by atoms with Crippen molar-refractivity contribution >= 4 is 12.0 Å². The molecular weight excluding hydrogens is 292 g/mol. The Hall–Kier alpha value is -2.04. The molecule has 0 aromatic heterocycles. The molecular formula is C18H26N2O3. The molecule has 1 aliphatic rings. The normalized spacial score (nSPS) is 17.9. The molecule has 1 aromatic carbocycles. The van der Waals surface area contributed by atoms with Crippen LogP contribution in [0.25, 0.3) is 0 Å². The van der Waals surface area contributed by atoms with Crippen LogP contribution in [0.15, 0.2) is 30.3 Å². The van der Waals surface area contributed by atoms with Crippen molar-refractivity contribution in [3.63, 3.8) is 0 Å². The van der Waals surface area contributed by atoms with E-state index >= 15 is 0 Å². The van der Waals surface area contributed by atoms with Gasteiger partial charge in [-0.3, -0.25) is 9.69 Å². The number of nitrogens with zero attached hydrogens (tertiary/aromatic N) is 1. The van der Waals surface area contributed by atoms with Crippen molar-refractivity contribution in [2.24, 2.45) is 0 Å². The van der Waals surface area contributed by atoms with Crippen LogP contribution in [-0.2, 0) is 16.0 Å². The summed E-state index contributed by atoms with van der Waals surface area (Å²) in [6.07, 6.45) is 1.90. The molecule has 1 aliphatic heterocycles. The third kappa shape index (κ3) is 5.27. The summed E-state index contributed by atoms with van der Waals surface area (Å²) in [5.74, 6) is -0.0932. The molecule has 0 radical (unpaired) electrons. The molecule has 0 unspecified atom stereocenters. The Balaban J connectivity index is 1.84. The van der Waals surface area contributed by atoms with E-state index in [1.54, 1.807) is 4.90 Å². The Bertz CT molecular complexity index is 537. The maximum absolute atomic E-state index is 12.4. The van der Waals surface area contributed by atoms with E-state index in [0.29, 0.717) is 19.5 Å². The Morgan fingerprint density at radius 2 is 1.96 bits per heavy atom. The van der Waals surface area contributed by atoms with Gasteiger partial charge >= 0.3 is 6.09 Å². The zero-order chi connectivity index (χ0) is 16.9. The lowest BCUT2D eigenvalue weighted by Crippen LogP contribution is -2.47. The highest BCUT2D eigenvalue weighted by atomic mass is 16.6. The Kier molecular flexibility index (Phi) is 5.64. The predicted octanol–water partition coefficient (Wildman–Crippen LogP) is 2.74. The highest BCUT2D eigenvalue weighted by molar-refractivity contribution is 5.86. The number of rotatable bonds is 4. The van der Waals surface area contributed by atoms with Crippen LogP contribution >= 0.6 is 0 Å². The Morgan fingerprint density at radius 1 is 1.26 bits per heavy atom. The molecule has 0 saturated carbocycles. The van der Waals surface area contributed by atoms with Crippen molar-refractivity contribution in [1.82, 2.24) is 10.2 Å². The summed E-state index contributed by atoms with van der Waals surface area (Å²) in [7, 11) is 0. The first-order valence-electron chi connectivity index (χ1n) is 8.18. The minimum absolute atomic E-state index is 0.0932. The second-order valence-electron chi connectivity index (χ2n) is 6.86. The first-order valence-corrected chi connectivity index (χ1v) is 8.18. The third-order valence-electron chi connectivity index (χ3n) is 3.74. The fraction of sp³-hybridized carbons (Fsp3) is 0.556. The van der Waals surface area contributed by atoms with Gasteiger partial charge in [0.2, 0.25) is 5.91 Å². The molecule has 1 aromatic rings. The lowest BCUT2D eigenvalue weighted by atomic mass is 10.1. The maximum Gasteiger partial charge on any atom is 0.410 e. The number of hydrogen-bond acceptors (Lipinski definition) is 3. The molecule has 1 heterocycles. The molecule has 0 aliphatic carbocycles. The molecule has 5 heteroatoms. The summed E-state index contributed by atoms with van der Waals surface area (Å²) in [6, 6.07) is 9.60. The minimum atomic E-state index is -0.548. The molecule has 0 spiro atoms. The van der Waals surface area contributed by atoms with Crippen LogP contribution in [0.1, 0.15) is 39.2 Å². The summed E-state index contributed by atoms with van der Waals surface area (Å²) in [5, 5.41) is 2.93. The van der Waals surface area contributed by atoms with Crippen LogP contribution in [0.4, 0.5) is 4.79 Å². The van der Waals surface area contributed by atoms with E-state index in [2.05, 4.69) is 5.32 Å². The number of likely N-dealkylation sites (tertiary alicyclic amines) is 1. The molecule has 2 rings (SSSR count).